The summed E-state index contributed by atoms with van der Waals surface area (Å²) in [5.74, 6) is -0.643. The number of hydrogen-bond acceptors (Lipinski definition) is 4. The van der Waals surface area contributed by atoms with Gasteiger partial charge < -0.3 is 14.8 Å². The molecular formula is C19H18F3NO4. The van der Waals surface area contributed by atoms with Gasteiger partial charge in [-0.15, -0.1) is 0 Å². The first-order valence-corrected chi connectivity index (χ1v) is 8.06. The van der Waals surface area contributed by atoms with Crippen LogP contribution in [0.2, 0.25) is 0 Å². The second kappa shape index (κ2) is 9.07. The molecule has 0 saturated carbocycles. The van der Waals surface area contributed by atoms with Gasteiger partial charge in [-0.2, -0.15) is 13.2 Å². The van der Waals surface area contributed by atoms with Crippen LogP contribution in [-0.2, 0) is 20.5 Å². The van der Waals surface area contributed by atoms with E-state index in [1.807, 2.05) is 25.1 Å². The summed E-state index contributed by atoms with van der Waals surface area (Å²) in [5, 5.41) is 2.35. The van der Waals surface area contributed by atoms with Gasteiger partial charge in [0.15, 0.2) is 6.61 Å². The number of esters is 1. The number of amides is 1. The van der Waals surface area contributed by atoms with Gasteiger partial charge in [-0.05, 0) is 48.9 Å². The van der Waals surface area contributed by atoms with Gasteiger partial charge in [-0.1, -0.05) is 12.1 Å². The number of hydrogen-bond donors (Lipinski definition) is 1. The van der Waals surface area contributed by atoms with Crippen molar-refractivity contribution >= 4 is 17.6 Å². The first kappa shape index (κ1) is 20.3. The second-order valence-electron chi connectivity index (χ2n) is 5.70. The molecule has 2 aromatic carbocycles. The Hall–Kier alpha value is -3.03. The summed E-state index contributed by atoms with van der Waals surface area (Å²) < 4.78 is 47.6. The number of aryl methyl sites for hydroxylation is 1. The van der Waals surface area contributed by atoms with E-state index in [1.54, 1.807) is 6.07 Å². The summed E-state index contributed by atoms with van der Waals surface area (Å²) in [4.78, 5) is 23.3. The summed E-state index contributed by atoms with van der Waals surface area (Å²) in [5.41, 5.74) is 0.377. The Morgan fingerprint density at radius 2 is 1.78 bits per heavy atom. The van der Waals surface area contributed by atoms with Crippen LogP contribution in [0.5, 0.6) is 5.75 Å². The molecule has 8 heteroatoms. The quantitative estimate of drug-likeness (QED) is 0.738. The van der Waals surface area contributed by atoms with Gasteiger partial charge in [-0.25, -0.2) is 0 Å². The van der Waals surface area contributed by atoms with Crippen molar-refractivity contribution in [2.45, 2.75) is 19.5 Å². The molecule has 0 bridgehead atoms. The van der Waals surface area contributed by atoms with Gasteiger partial charge in [0.25, 0.3) is 5.91 Å². The smallest absolute Gasteiger partial charge is 0.416 e. The van der Waals surface area contributed by atoms with Crippen LogP contribution in [-0.4, -0.2) is 25.1 Å². The van der Waals surface area contributed by atoms with Crippen molar-refractivity contribution in [3.05, 3.63) is 59.7 Å². The highest BCUT2D eigenvalue weighted by atomic mass is 19.4. The van der Waals surface area contributed by atoms with Crippen LogP contribution < -0.4 is 10.1 Å². The van der Waals surface area contributed by atoms with Crippen LogP contribution >= 0.6 is 0 Å². The molecule has 2 aromatic rings. The normalized spacial score (nSPS) is 11.0. The van der Waals surface area contributed by atoms with Crippen molar-refractivity contribution in [2.75, 3.05) is 18.5 Å². The highest BCUT2D eigenvalue weighted by Gasteiger charge is 2.29. The van der Waals surface area contributed by atoms with Crippen LogP contribution in [0, 0.1) is 6.92 Å². The minimum absolute atomic E-state index is 0.0402. The Kier molecular flexibility index (Phi) is 6.81. The lowest BCUT2D eigenvalue weighted by atomic mass is 10.2. The molecule has 27 heavy (non-hydrogen) atoms. The first-order chi connectivity index (χ1) is 12.7. The topological polar surface area (TPSA) is 64.6 Å². The third kappa shape index (κ3) is 7.01. The molecule has 0 aliphatic rings. The number of anilines is 1. The highest BCUT2D eigenvalue weighted by molar-refractivity contribution is 5.92. The minimum atomic E-state index is -4.45. The lowest BCUT2D eigenvalue weighted by Crippen LogP contribution is -2.21. The Morgan fingerprint density at radius 3 is 2.41 bits per heavy atom. The maximum absolute atomic E-state index is 12.5. The molecule has 0 aromatic heterocycles. The molecule has 0 aliphatic carbocycles. The molecule has 1 N–H and O–H groups in total. The number of rotatable bonds is 7. The maximum atomic E-state index is 12.5. The number of carbonyl (C=O) groups excluding carboxylic acids is 2. The van der Waals surface area contributed by atoms with Crippen molar-refractivity contribution in [2.24, 2.45) is 0 Å². The number of carbonyl (C=O) groups is 2. The zero-order valence-corrected chi connectivity index (χ0v) is 14.5. The van der Waals surface area contributed by atoms with Gasteiger partial charge in [0.1, 0.15) is 5.75 Å². The lowest BCUT2D eigenvalue weighted by Gasteiger charge is -2.09. The zero-order valence-electron chi connectivity index (χ0n) is 14.5. The van der Waals surface area contributed by atoms with Gasteiger partial charge in [0.2, 0.25) is 0 Å². The Morgan fingerprint density at radius 1 is 1.07 bits per heavy atom. The molecular weight excluding hydrogens is 363 g/mol. The largest absolute Gasteiger partial charge is 0.493 e. The Labute approximate surface area is 154 Å². The fourth-order valence-corrected chi connectivity index (χ4v) is 2.12. The maximum Gasteiger partial charge on any atom is 0.416 e. The molecule has 1 amide bonds. The van der Waals surface area contributed by atoms with E-state index < -0.39 is 30.2 Å². The molecule has 0 saturated heterocycles. The van der Waals surface area contributed by atoms with E-state index in [0.717, 1.165) is 29.8 Å². The summed E-state index contributed by atoms with van der Waals surface area (Å²) in [6.45, 7) is 1.48. The second-order valence-corrected chi connectivity index (χ2v) is 5.70. The van der Waals surface area contributed by atoms with Gasteiger partial charge in [0.05, 0.1) is 18.6 Å². The van der Waals surface area contributed by atoms with Gasteiger partial charge in [-0.3, -0.25) is 9.59 Å². The van der Waals surface area contributed by atoms with Crippen LogP contribution in [0.25, 0.3) is 0 Å². The molecule has 0 heterocycles. The van der Waals surface area contributed by atoms with Crippen molar-refractivity contribution in [3.8, 4) is 5.75 Å². The standard InChI is InChI=1S/C19H18F3NO4/c1-13-3-2-4-16(11-13)26-10-9-18(25)27-12-17(24)23-15-7-5-14(6-8-15)19(20,21)22/h2-8,11H,9-10,12H2,1H3,(H,23,24). The van der Waals surface area contributed by atoms with E-state index in [0.29, 0.717) is 5.75 Å². The molecule has 0 aliphatic heterocycles. The molecule has 5 nitrogen and oxygen atoms in total. The average Bonchev–Trinajstić information content (AvgIpc) is 2.60. The molecule has 0 radical (unpaired) electrons. The van der Waals surface area contributed by atoms with Crippen LogP contribution in [0.1, 0.15) is 17.5 Å². The first-order valence-electron chi connectivity index (χ1n) is 8.06. The number of nitrogens with one attached hydrogen (secondary N) is 1. The van der Waals surface area contributed by atoms with Crippen molar-refractivity contribution in [1.82, 2.24) is 0 Å². The van der Waals surface area contributed by atoms with Crippen molar-refractivity contribution in [1.29, 1.82) is 0 Å². The van der Waals surface area contributed by atoms with E-state index in [1.165, 1.54) is 0 Å². The lowest BCUT2D eigenvalue weighted by molar-refractivity contribution is -0.147. The van der Waals surface area contributed by atoms with E-state index in [2.05, 4.69) is 5.32 Å². The molecule has 0 spiro atoms. The van der Waals surface area contributed by atoms with Crippen LogP contribution in [0.15, 0.2) is 48.5 Å². The summed E-state index contributed by atoms with van der Waals surface area (Å²) in [7, 11) is 0. The summed E-state index contributed by atoms with van der Waals surface area (Å²) >= 11 is 0. The summed E-state index contributed by atoms with van der Waals surface area (Å²) in [6, 6.07) is 11.3. The SMILES string of the molecule is Cc1cccc(OCCC(=O)OCC(=O)Nc2ccc(C(F)(F)F)cc2)c1. The van der Waals surface area contributed by atoms with Gasteiger partial charge >= 0.3 is 12.1 Å². The third-order valence-electron chi connectivity index (χ3n) is 3.42. The summed E-state index contributed by atoms with van der Waals surface area (Å²) in [6.07, 6.45) is -4.49. The number of benzene rings is 2. The molecule has 2 rings (SSSR count). The number of alkyl halides is 3. The van der Waals surface area contributed by atoms with E-state index in [4.69, 9.17) is 9.47 Å². The van der Waals surface area contributed by atoms with Gasteiger partial charge in [0, 0.05) is 5.69 Å². The zero-order chi connectivity index (χ0) is 19.9. The number of halogens is 3. The Bertz CT molecular complexity index is 788. The fourth-order valence-electron chi connectivity index (χ4n) is 2.12. The Balaban J connectivity index is 1.69. The predicted molar refractivity (Wildman–Crippen MR) is 92.3 cm³/mol. The van der Waals surface area contributed by atoms with E-state index >= 15 is 0 Å². The average molecular weight is 381 g/mol. The molecule has 0 atom stereocenters. The molecule has 0 unspecified atom stereocenters. The predicted octanol–water partition coefficient (Wildman–Crippen LogP) is 3.96. The fraction of sp³-hybridized carbons (Fsp3) is 0.263. The molecule has 0 fully saturated rings. The van der Waals surface area contributed by atoms with E-state index in [-0.39, 0.29) is 18.7 Å². The van der Waals surface area contributed by atoms with Crippen molar-refractivity contribution < 1.29 is 32.2 Å². The van der Waals surface area contributed by atoms with Crippen LogP contribution in [0.4, 0.5) is 18.9 Å². The molecule has 144 valence electrons. The number of ether oxygens (including phenoxy) is 2. The van der Waals surface area contributed by atoms with Crippen molar-refractivity contribution in [3.63, 3.8) is 0 Å². The minimum Gasteiger partial charge on any atom is -0.493 e. The highest BCUT2D eigenvalue weighted by Crippen LogP contribution is 2.29. The van der Waals surface area contributed by atoms with Crippen LogP contribution in [0.3, 0.4) is 0 Å². The third-order valence-corrected chi connectivity index (χ3v) is 3.42. The van der Waals surface area contributed by atoms with E-state index in [9.17, 15) is 22.8 Å². The monoisotopic (exact) mass is 381 g/mol.